The number of alkyl halides is 6. The summed E-state index contributed by atoms with van der Waals surface area (Å²) in [6, 6.07) is 6.19. The highest BCUT2D eigenvalue weighted by atomic mass is 35.5. The first-order chi connectivity index (χ1) is 16.4. The van der Waals surface area contributed by atoms with Crippen molar-refractivity contribution in [3.05, 3.63) is 28.8 Å². The van der Waals surface area contributed by atoms with Crippen LogP contribution >= 0.6 is 11.6 Å². The predicted molar refractivity (Wildman–Crippen MR) is 117 cm³/mol. The molecule has 0 saturated carbocycles. The zero-order valence-electron chi connectivity index (χ0n) is 18.9. The SMILES string of the molecule is O=C(OC(C(F)(F)F)C(F)(F)F)N1CCN(Cc2ccc(Cl)cc2N2CCN3CCCC3C2)CC1. The first kappa shape index (κ1) is 26.2. The van der Waals surface area contributed by atoms with Crippen LogP contribution in [0, 0.1) is 0 Å². The zero-order valence-corrected chi connectivity index (χ0v) is 19.7. The quantitative estimate of drug-likeness (QED) is 0.543. The molecule has 0 aliphatic carbocycles. The fourth-order valence-corrected chi connectivity index (χ4v) is 5.17. The number of nitrogens with zero attached hydrogens (tertiary/aromatic N) is 4. The van der Waals surface area contributed by atoms with Crippen molar-refractivity contribution in [2.75, 3.05) is 57.3 Å². The Morgan fingerprint density at radius 1 is 1.00 bits per heavy atom. The number of anilines is 1. The Bertz CT molecular complexity index is 893. The Morgan fingerprint density at radius 2 is 1.69 bits per heavy atom. The van der Waals surface area contributed by atoms with Gasteiger partial charge in [0.25, 0.3) is 6.10 Å². The Hall–Kier alpha value is -1.92. The molecule has 1 unspecified atom stereocenters. The van der Waals surface area contributed by atoms with Gasteiger partial charge in [-0.2, -0.15) is 26.3 Å². The molecule has 0 spiro atoms. The average molecular weight is 529 g/mol. The highest BCUT2D eigenvalue weighted by Gasteiger charge is 2.60. The van der Waals surface area contributed by atoms with Crippen LogP contribution in [-0.2, 0) is 11.3 Å². The molecule has 3 fully saturated rings. The molecule has 35 heavy (non-hydrogen) atoms. The molecule has 3 saturated heterocycles. The van der Waals surface area contributed by atoms with E-state index in [9.17, 15) is 31.1 Å². The van der Waals surface area contributed by atoms with Crippen LogP contribution in [0.1, 0.15) is 18.4 Å². The van der Waals surface area contributed by atoms with E-state index in [1.165, 1.54) is 6.42 Å². The van der Waals surface area contributed by atoms with E-state index in [4.69, 9.17) is 11.6 Å². The summed E-state index contributed by atoms with van der Waals surface area (Å²) in [4.78, 5) is 19.7. The van der Waals surface area contributed by atoms with Crippen LogP contribution in [-0.4, -0.2) is 97.6 Å². The van der Waals surface area contributed by atoms with Gasteiger partial charge in [-0.15, -0.1) is 0 Å². The Labute approximate surface area is 204 Å². The number of hydrogen-bond donors (Lipinski definition) is 0. The second-order valence-electron chi connectivity index (χ2n) is 9.16. The van der Waals surface area contributed by atoms with Gasteiger partial charge in [0.15, 0.2) is 0 Å². The number of carbonyl (C=O) groups excluding carboxylic acids is 1. The Kier molecular flexibility index (Phi) is 7.63. The third-order valence-corrected chi connectivity index (χ3v) is 7.05. The molecule has 3 aliphatic heterocycles. The highest BCUT2D eigenvalue weighted by molar-refractivity contribution is 6.30. The molecule has 6 nitrogen and oxygen atoms in total. The van der Waals surface area contributed by atoms with E-state index in [0.717, 1.165) is 48.8 Å². The maximum absolute atomic E-state index is 12.7. The molecule has 0 N–H and O–H groups in total. The summed E-state index contributed by atoms with van der Waals surface area (Å²) in [5, 5.41) is 0.619. The minimum absolute atomic E-state index is 0.0368. The molecule has 3 heterocycles. The van der Waals surface area contributed by atoms with Crippen molar-refractivity contribution in [2.24, 2.45) is 0 Å². The van der Waals surface area contributed by atoms with Crippen LogP contribution in [0.5, 0.6) is 0 Å². The lowest BCUT2D eigenvalue weighted by molar-refractivity contribution is -0.308. The first-order valence-electron chi connectivity index (χ1n) is 11.5. The van der Waals surface area contributed by atoms with Crippen LogP contribution in [0.15, 0.2) is 18.2 Å². The first-order valence-corrected chi connectivity index (χ1v) is 11.9. The van der Waals surface area contributed by atoms with Gasteiger partial charge in [0.2, 0.25) is 0 Å². The largest absolute Gasteiger partial charge is 0.434 e. The number of hydrogen-bond acceptors (Lipinski definition) is 5. The number of halogens is 7. The normalized spacial score (nSPS) is 22.6. The number of carbonyl (C=O) groups is 1. The van der Waals surface area contributed by atoms with Gasteiger partial charge in [-0.05, 0) is 37.1 Å². The summed E-state index contributed by atoms with van der Waals surface area (Å²) in [5.41, 5.74) is 2.06. The van der Waals surface area contributed by atoms with Crippen molar-refractivity contribution in [2.45, 2.75) is 43.9 Å². The van der Waals surface area contributed by atoms with Crippen molar-refractivity contribution >= 4 is 23.4 Å². The molecule has 13 heteroatoms. The van der Waals surface area contributed by atoms with Crippen molar-refractivity contribution in [1.82, 2.24) is 14.7 Å². The fraction of sp³-hybridized carbons (Fsp3) is 0.682. The summed E-state index contributed by atoms with van der Waals surface area (Å²) >= 11 is 6.28. The molecule has 4 rings (SSSR count). The van der Waals surface area contributed by atoms with Gasteiger partial charge in [0.1, 0.15) is 0 Å². The van der Waals surface area contributed by atoms with E-state index in [0.29, 0.717) is 17.6 Å². The van der Waals surface area contributed by atoms with Crippen LogP contribution in [0.25, 0.3) is 0 Å². The summed E-state index contributed by atoms with van der Waals surface area (Å²) in [6.07, 6.45) is -14.9. The second-order valence-corrected chi connectivity index (χ2v) is 9.60. The lowest BCUT2D eigenvalue weighted by Gasteiger charge is -2.40. The number of amides is 1. The van der Waals surface area contributed by atoms with Crippen molar-refractivity contribution < 1.29 is 35.9 Å². The van der Waals surface area contributed by atoms with E-state index in [2.05, 4.69) is 14.5 Å². The molecule has 1 amide bonds. The van der Waals surface area contributed by atoms with Gasteiger partial charge >= 0.3 is 18.4 Å². The average Bonchev–Trinajstić information content (AvgIpc) is 3.25. The van der Waals surface area contributed by atoms with Gasteiger partial charge in [-0.25, -0.2) is 4.79 Å². The lowest BCUT2D eigenvalue weighted by atomic mass is 10.1. The van der Waals surface area contributed by atoms with Gasteiger partial charge in [0.05, 0.1) is 0 Å². The Balaban J connectivity index is 1.36. The summed E-state index contributed by atoms with van der Waals surface area (Å²) in [7, 11) is 0. The third kappa shape index (κ3) is 6.26. The van der Waals surface area contributed by atoms with Gasteiger partial charge in [-0.1, -0.05) is 17.7 Å². The van der Waals surface area contributed by atoms with Gasteiger partial charge in [-0.3, -0.25) is 9.80 Å². The number of fused-ring (bicyclic) bond motifs is 1. The predicted octanol–water partition coefficient (Wildman–Crippen LogP) is 4.37. The number of ether oxygens (including phenoxy) is 1. The lowest BCUT2D eigenvalue weighted by Crippen LogP contribution is -2.52. The van der Waals surface area contributed by atoms with E-state index in [1.807, 2.05) is 17.0 Å². The molecule has 1 aromatic rings. The Morgan fingerprint density at radius 3 is 2.34 bits per heavy atom. The third-order valence-electron chi connectivity index (χ3n) is 6.81. The van der Waals surface area contributed by atoms with Crippen LogP contribution in [0.2, 0.25) is 5.02 Å². The minimum atomic E-state index is -5.73. The second kappa shape index (κ2) is 10.2. The van der Waals surface area contributed by atoms with Crippen LogP contribution in [0.3, 0.4) is 0 Å². The molecule has 0 bridgehead atoms. The van der Waals surface area contributed by atoms with E-state index in [1.54, 1.807) is 6.07 Å². The van der Waals surface area contributed by atoms with Gasteiger partial charge in [0, 0.05) is 69.1 Å². The maximum atomic E-state index is 12.7. The molecule has 1 aromatic carbocycles. The summed E-state index contributed by atoms with van der Waals surface area (Å²) < 4.78 is 80.0. The maximum Gasteiger partial charge on any atom is 0.434 e. The number of benzene rings is 1. The molecular formula is C22H27ClF6N4O2. The minimum Gasteiger partial charge on any atom is -0.426 e. The highest BCUT2D eigenvalue weighted by Crippen LogP contribution is 2.36. The number of rotatable bonds is 4. The summed E-state index contributed by atoms with van der Waals surface area (Å²) in [5.74, 6) is 0. The fourth-order valence-electron chi connectivity index (χ4n) is 5.00. The molecule has 0 aromatic heterocycles. The van der Waals surface area contributed by atoms with E-state index < -0.39 is 24.5 Å². The molecule has 1 atom stereocenters. The van der Waals surface area contributed by atoms with Crippen molar-refractivity contribution in [1.29, 1.82) is 0 Å². The summed E-state index contributed by atoms with van der Waals surface area (Å²) in [6.45, 7) is 4.92. The van der Waals surface area contributed by atoms with Crippen LogP contribution in [0.4, 0.5) is 36.8 Å². The number of piperazine rings is 2. The molecular weight excluding hydrogens is 502 g/mol. The molecule has 3 aliphatic rings. The topological polar surface area (TPSA) is 39.3 Å². The van der Waals surface area contributed by atoms with Crippen LogP contribution < -0.4 is 4.90 Å². The standard InChI is InChI=1S/C22H27ClF6N4O2/c23-16-4-3-15(18(12-16)33-11-10-31-5-1-2-17(31)14-33)13-30-6-8-32(9-7-30)20(34)35-19(21(24,25)26)22(27,28)29/h3-4,12,17,19H,1-2,5-11,13-14H2. The van der Waals surface area contributed by atoms with E-state index in [-0.39, 0.29) is 26.2 Å². The molecule has 0 radical (unpaired) electrons. The zero-order chi connectivity index (χ0) is 25.4. The smallest absolute Gasteiger partial charge is 0.426 e. The van der Waals surface area contributed by atoms with Crippen molar-refractivity contribution in [3.8, 4) is 0 Å². The van der Waals surface area contributed by atoms with E-state index >= 15 is 0 Å². The molecule has 196 valence electrons. The van der Waals surface area contributed by atoms with Gasteiger partial charge < -0.3 is 14.5 Å². The van der Waals surface area contributed by atoms with Crippen molar-refractivity contribution in [3.63, 3.8) is 0 Å². The monoisotopic (exact) mass is 528 g/mol.